The Morgan fingerprint density at radius 1 is 1.00 bits per heavy atom. The second-order valence-electron chi connectivity index (χ2n) is 5.45. The number of carbonyl (C=O) groups is 1. The van der Waals surface area contributed by atoms with Crippen LogP contribution in [-0.4, -0.2) is 54.9 Å². The third-order valence-corrected chi connectivity index (χ3v) is 3.30. The quantitative estimate of drug-likeness (QED) is 0.389. The van der Waals surface area contributed by atoms with Crippen LogP contribution in [0.15, 0.2) is 60.7 Å². The molecule has 3 N–H and O–H groups in total. The summed E-state index contributed by atoms with van der Waals surface area (Å²) in [6.07, 6.45) is -2.07. The van der Waals surface area contributed by atoms with Gasteiger partial charge in [-0.3, -0.25) is 0 Å². The lowest BCUT2D eigenvalue weighted by molar-refractivity contribution is -0.170. The first-order chi connectivity index (χ1) is 12.6. The molecule has 2 aromatic carbocycles. The molecule has 7 heteroatoms. The van der Waals surface area contributed by atoms with Crippen LogP contribution in [-0.2, 0) is 9.53 Å². The van der Waals surface area contributed by atoms with Gasteiger partial charge in [0.1, 0.15) is 24.2 Å². The van der Waals surface area contributed by atoms with Crippen molar-refractivity contribution < 1.29 is 29.2 Å². The highest BCUT2D eigenvalue weighted by atomic mass is 16.7. The third kappa shape index (κ3) is 7.52. The van der Waals surface area contributed by atoms with Crippen molar-refractivity contribution in [2.24, 2.45) is 0 Å². The van der Waals surface area contributed by atoms with Gasteiger partial charge >= 0.3 is 5.97 Å². The van der Waals surface area contributed by atoms with Crippen LogP contribution in [0.2, 0.25) is 0 Å². The Morgan fingerprint density at radius 2 is 1.62 bits per heavy atom. The molecule has 0 saturated heterocycles. The zero-order chi connectivity index (χ0) is 18.6. The van der Waals surface area contributed by atoms with E-state index in [0.29, 0.717) is 24.6 Å². The highest BCUT2D eigenvalue weighted by Crippen LogP contribution is 2.11. The first kappa shape index (κ1) is 19.7. The predicted octanol–water partition coefficient (Wildman–Crippen LogP) is 1.52. The van der Waals surface area contributed by atoms with Gasteiger partial charge in [0.15, 0.2) is 0 Å². The summed E-state index contributed by atoms with van der Waals surface area (Å²) in [7, 11) is 0. The van der Waals surface area contributed by atoms with Gasteiger partial charge in [0.25, 0.3) is 6.29 Å². The Labute approximate surface area is 152 Å². The standard InChI is InChI=1S/C19H23NO6/c21-15(14-25-16-7-3-1-4-8-16)13-20-11-12-24-19(18(22)23)26-17-9-5-2-6-10-17/h1-10,15,19-21H,11-14H2,(H,22,23). The minimum atomic E-state index is -1.38. The Bertz CT molecular complexity index is 637. The average molecular weight is 361 g/mol. The zero-order valence-electron chi connectivity index (χ0n) is 14.3. The maximum Gasteiger partial charge on any atom is 0.373 e. The normalized spacial score (nSPS) is 13.0. The number of aliphatic carboxylic acids is 1. The molecule has 2 atom stereocenters. The summed E-state index contributed by atoms with van der Waals surface area (Å²) in [5.41, 5.74) is 0. The molecule has 0 aliphatic carbocycles. The molecule has 0 spiro atoms. The SMILES string of the molecule is O=C(O)C(OCCNCC(O)COc1ccccc1)Oc1ccccc1. The highest BCUT2D eigenvalue weighted by Gasteiger charge is 2.19. The molecule has 2 aromatic rings. The van der Waals surface area contributed by atoms with E-state index in [-0.39, 0.29) is 13.2 Å². The lowest BCUT2D eigenvalue weighted by Gasteiger charge is -2.16. The summed E-state index contributed by atoms with van der Waals surface area (Å²) in [5, 5.41) is 22.0. The van der Waals surface area contributed by atoms with E-state index in [9.17, 15) is 9.90 Å². The fourth-order valence-corrected chi connectivity index (χ4v) is 2.05. The van der Waals surface area contributed by atoms with Gasteiger partial charge < -0.3 is 29.7 Å². The number of hydrogen-bond acceptors (Lipinski definition) is 6. The predicted molar refractivity (Wildman–Crippen MR) is 95.3 cm³/mol. The second kappa shape index (κ2) is 11.1. The number of carboxylic acids is 1. The molecule has 0 fully saturated rings. The first-order valence-electron chi connectivity index (χ1n) is 8.28. The number of hydrogen-bond donors (Lipinski definition) is 3. The zero-order valence-corrected chi connectivity index (χ0v) is 14.3. The van der Waals surface area contributed by atoms with Crippen LogP contribution < -0.4 is 14.8 Å². The molecular weight excluding hydrogens is 338 g/mol. The van der Waals surface area contributed by atoms with Crippen LogP contribution in [0.1, 0.15) is 0 Å². The molecule has 2 unspecified atom stereocenters. The first-order valence-corrected chi connectivity index (χ1v) is 8.28. The van der Waals surface area contributed by atoms with Gasteiger partial charge in [-0.1, -0.05) is 36.4 Å². The summed E-state index contributed by atoms with van der Waals surface area (Å²) in [4.78, 5) is 11.2. The van der Waals surface area contributed by atoms with Gasteiger partial charge in [-0.15, -0.1) is 0 Å². The van der Waals surface area contributed by atoms with Crippen LogP contribution in [0.4, 0.5) is 0 Å². The molecule has 0 bridgehead atoms. The molecule has 0 saturated carbocycles. The molecule has 7 nitrogen and oxygen atoms in total. The molecule has 140 valence electrons. The van der Waals surface area contributed by atoms with E-state index in [0.717, 1.165) is 0 Å². The molecular formula is C19H23NO6. The minimum absolute atomic E-state index is 0.121. The number of benzene rings is 2. The van der Waals surface area contributed by atoms with Crippen molar-refractivity contribution in [2.75, 3.05) is 26.3 Å². The van der Waals surface area contributed by atoms with Crippen molar-refractivity contribution in [3.8, 4) is 11.5 Å². The fraction of sp³-hybridized carbons (Fsp3) is 0.316. The number of aliphatic hydroxyl groups is 1. The van der Waals surface area contributed by atoms with E-state index in [1.54, 1.807) is 30.3 Å². The van der Waals surface area contributed by atoms with Gasteiger partial charge in [0.05, 0.1) is 6.61 Å². The Kier molecular flexibility index (Phi) is 8.41. The van der Waals surface area contributed by atoms with Gasteiger partial charge in [0.2, 0.25) is 0 Å². The highest BCUT2D eigenvalue weighted by molar-refractivity contribution is 5.71. The van der Waals surface area contributed by atoms with Gasteiger partial charge in [-0.05, 0) is 24.3 Å². The van der Waals surface area contributed by atoms with E-state index in [4.69, 9.17) is 19.3 Å². The van der Waals surface area contributed by atoms with Crippen molar-refractivity contribution in [3.63, 3.8) is 0 Å². The molecule has 0 amide bonds. The van der Waals surface area contributed by atoms with Crippen molar-refractivity contribution in [1.82, 2.24) is 5.32 Å². The Balaban J connectivity index is 1.60. The van der Waals surface area contributed by atoms with Crippen LogP contribution >= 0.6 is 0 Å². The minimum Gasteiger partial charge on any atom is -0.491 e. The van der Waals surface area contributed by atoms with E-state index < -0.39 is 18.4 Å². The lowest BCUT2D eigenvalue weighted by Crippen LogP contribution is -2.36. The fourth-order valence-electron chi connectivity index (χ4n) is 2.05. The molecule has 0 aliphatic rings. The topological polar surface area (TPSA) is 97.3 Å². The van der Waals surface area contributed by atoms with E-state index in [1.807, 2.05) is 30.3 Å². The second-order valence-corrected chi connectivity index (χ2v) is 5.45. The van der Waals surface area contributed by atoms with Crippen LogP contribution in [0.25, 0.3) is 0 Å². The average Bonchev–Trinajstić information content (AvgIpc) is 2.66. The molecule has 0 aromatic heterocycles. The summed E-state index contributed by atoms with van der Waals surface area (Å²) in [6, 6.07) is 17.8. The van der Waals surface area contributed by atoms with Crippen LogP contribution in [0.3, 0.4) is 0 Å². The summed E-state index contributed by atoms with van der Waals surface area (Å²) >= 11 is 0. The van der Waals surface area contributed by atoms with Gasteiger partial charge in [-0.2, -0.15) is 0 Å². The number of carboxylic acid groups (broad SMARTS) is 1. The van der Waals surface area contributed by atoms with Gasteiger partial charge in [0, 0.05) is 13.1 Å². The summed E-state index contributed by atoms with van der Waals surface area (Å²) in [5.74, 6) is -0.0938. The number of rotatable bonds is 12. The molecule has 0 aliphatic heterocycles. The largest absolute Gasteiger partial charge is 0.491 e. The number of para-hydroxylation sites is 2. The number of aliphatic hydroxyl groups excluding tert-OH is 1. The molecule has 0 heterocycles. The lowest BCUT2D eigenvalue weighted by atomic mass is 10.3. The molecule has 26 heavy (non-hydrogen) atoms. The van der Waals surface area contributed by atoms with Crippen LogP contribution in [0.5, 0.6) is 11.5 Å². The monoisotopic (exact) mass is 361 g/mol. The van der Waals surface area contributed by atoms with Crippen LogP contribution in [0, 0.1) is 0 Å². The van der Waals surface area contributed by atoms with E-state index >= 15 is 0 Å². The van der Waals surface area contributed by atoms with E-state index in [1.165, 1.54) is 0 Å². The van der Waals surface area contributed by atoms with Crippen molar-refractivity contribution in [3.05, 3.63) is 60.7 Å². The maximum atomic E-state index is 11.2. The van der Waals surface area contributed by atoms with Gasteiger partial charge in [-0.25, -0.2) is 4.79 Å². The third-order valence-electron chi connectivity index (χ3n) is 3.30. The smallest absolute Gasteiger partial charge is 0.373 e. The number of nitrogens with one attached hydrogen (secondary N) is 1. The molecule has 2 rings (SSSR count). The van der Waals surface area contributed by atoms with Crippen molar-refractivity contribution in [2.45, 2.75) is 12.4 Å². The van der Waals surface area contributed by atoms with E-state index in [2.05, 4.69) is 5.32 Å². The number of ether oxygens (including phenoxy) is 3. The van der Waals surface area contributed by atoms with Crippen molar-refractivity contribution >= 4 is 5.97 Å². The Hall–Kier alpha value is -2.61. The molecule has 0 radical (unpaired) electrons. The Morgan fingerprint density at radius 3 is 2.23 bits per heavy atom. The van der Waals surface area contributed by atoms with Crippen molar-refractivity contribution in [1.29, 1.82) is 0 Å². The summed E-state index contributed by atoms with van der Waals surface area (Å²) in [6.45, 7) is 0.945. The summed E-state index contributed by atoms with van der Waals surface area (Å²) < 4.78 is 15.9. The maximum absolute atomic E-state index is 11.2.